The summed E-state index contributed by atoms with van der Waals surface area (Å²) in [5, 5.41) is 213. The van der Waals surface area contributed by atoms with Crippen LogP contribution in [0.15, 0.2) is 104 Å². The van der Waals surface area contributed by atoms with Gasteiger partial charge in [0.1, 0.15) is 146 Å². The zero-order valence-electron chi connectivity index (χ0n) is 67.9. The Morgan fingerprint density at radius 3 is 1.25 bits per heavy atom. The van der Waals surface area contributed by atoms with E-state index >= 15 is 0 Å². The summed E-state index contributed by atoms with van der Waals surface area (Å²) in [6.07, 6.45) is -16.9. The maximum atomic E-state index is 11.8. The Labute approximate surface area is 737 Å². The van der Waals surface area contributed by atoms with Gasteiger partial charge in [0.05, 0.1) is 57.8 Å². The molecule has 14 heterocycles. The van der Waals surface area contributed by atoms with Crippen LogP contribution in [-0.4, -0.2) is 367 Å². The number of aliphatic hydroxyl groups excluding tert-OH is 15. The van der Waals surface area contributed by atoms with Crippen molar-refractivity contribution in [3.8, 4) is 40.4 Å². The predicted molar refractivity (Wildman–Crippen MR) is 438 cm³/mol. The van der Waals surface area contributed by atoms with E-state index in [1.54, 1.807) is 6.07 Å². The lowest BCUT2D eigenvalue weighted by Gasteiger charge is -2.39. The third-order valence-corrected chi connectivity index (χ3v) is 22.6. The number of carboxylic acids is 1. The van der Waals surface area contributed by atoms with Gasteiger partial charge < -0.3 is 181 Å². The largest absolute Gasteiger partial charge is 0.504 e. The van der Waals surface area contributed by atoms with Crippen LogP contribution in [0.3, 0.4) is 0 Å². The number of phenolic OH excluding ortho intramolecular Hbond substituents is 6. The van der Waals surface area contributed by atoms with Gasteiger partial charge in [-0.1, -0.05) is 18.2 Å². The first-order valence-corrected chi connectivity index (χ1v) is 41.8. The fourth-order valence-corrected chi connectivity index (χ4v) is 15.6. The standard InChI is InChI=1S/C10H12N5O7P.C10H12N5O6P.C10H13N5O4.C10H12N4O5.C9H11NO4.C8H11NO3.C8H11NO2.C6H12O6/c11-10-13-7-4(8(17)14-10)12-2-15(7)9-5(16)6-3(21-9)1-20-23(18,19)22-6;11-8-5-9(13-2-12-8)15(3-14-5)10-6(16)7-4(20-10)1-19-22(17,18)21-7;11-8-5-9(13-2-12-8)15(3-14-5)10-7(18)6(17)4(1-16)19-10;15-1-4-6(16)7(17)10(19-4)14-3-13-5-8(14)11-2-12-9(5)18;10-6(9(13)14)3-5-1-2-7(11)8(12)4-5;9-4-8(12)5-1-2-6(10)7(11)3-5;9-4-3-6-1-2-7(10)8(11)5-6;7-1-2(8)4(10)6(12)5(11)3(1)9/h2-3,5-6,9,16H,1H2,(H,18,19)(H3,11,13,14,17);2-4,6-7,10,16H,1H2,(H,17,18)(H2,11,12,13);2-4,6-7,10,16-18H,1H2,(H2,11,12,13);2-4,6-7,10,15-17H,1H2,(H,11,12,18);1-2,4,6,11-12H,3,10H2,(H,13,14);1-3,8,10-12H,4,9H2;1-2,5,10-11H,3-4,9H2;1-12H/t3-,5-,6-,9-;3*4-,6-,7-,10-;6-;8-;;1-,2-,3-,4+,5-,6-/m111100../s1. The average molecular weight is 1910 g/mol. The summed E-state index contributed by atoms with van der Waals surface area (Å²) in [5.41, 5.74) is 36.2. The van der Waals surface area contributed by atoms with Crippen molar-refractivity contribution >= 4 is 83.9 Å². The Bertz CT molecular complexity index is 5770. The van der Waals surface area contributed by atoms with E-state index in [4.69, 9.17) is 139 Å². The number of phenols is 6. The van der Waals surface area contributed by atoms with E-state index in [0.717, 1.165) is 11.9 Å². The van der Waals surface area contributed by atoms with Crippen LogP contribution in [0.5, 0.6) is 40.4 Å². The molecule has 720 valence electrons. The second kappa shape index (κ2) is 43.0. The number of phosphoric ester groups is 2. The molecule has 38 N–H and O–H groups in total. The van der Waals surface area contributed by atoms with Gasteiger partial charge in [0.2, 0.25) is 11.8 Å². The minimum Gasteiger partial charge on any atom is -0.504 e. The van der Waals surface area contributed by atoms with Gasteiger partial charge in [-0.15, -0.1) is 0 Å². The van der Waals surface area contributed by atoms with Crippen molar-refractivity contribution in [3.05, 3.63) is 126 Å². The molecular formula is C71H94N22O37P2. The van der Waals surface area contributed by atoms with Crippen molar-refractivity contribution in [2.75, 3.05) is 56.7 Å². The summed E-state index contributed by atoms with van der Waals surface area (Å²) in [6.45, 7) is -0.543. The second-order valence-corrected chi connectivity index (χ2v) is 32.3. The number of fused-ring (bicyclic) bond motifs is 6. The number of aromatic hydroxyl groups is 7. The predicted octanol–water partition coefficient (Wildman–Crippen LogP) is -9.27. The summed E-state index contributed by atoms with van der Waals surface area (Å²) >= 11 is 0. The molecule has 1 aliphatic carbocycles. The number of anilines is 3. The molecule has 1 saturated carbocycles. The molecule has 11 aromatic rings. The van der Waals surface area contributed by atoms with Gasteiger partial charge in [0.25, 0.3) is 5.56 Å². The van der Waals surface area contributed by atoms with Crippen LogP contribution in [-0.2, 0) is 63.8 Å². The van der Waals surface area contributed by atoms with E-state index in [-0.39, 0.29) is 106 Å². The number of phosphoric acid groups is 2. The molecule has 0 radical (unpaired) electrons. The van der Waals surface area contributed by atoms with Crippen LogP contribution < -0.4 is 40.0 Å². The molecule has 7 fully saturated rings. The highest BCUT2D eigenvalue weighted by molar-refractivity contribution is 7.47. The first kappa shape index (κ1) is 101. The zero-order chi connectivity index (χ0) is 96.6. The number of nitrogens with zero attached hydrogens (tertiary/aromatic N) is 15. The number of ether oxygens (including phenoxy) is 4. The number of rotatable bonds is 13. The summed E-state index contributed by atoms with van der Waals surface area (Å²) in [7, 11) is -8.38. The zero-order valence-corrected chi connectivity index (χ0v) is 69.7. The maximum absolute atomic E-state index is 11.8. The number of nitrogens with one attached hydrogen (secondary N) is 1. The third kappa shape index (κ3) is 22.7. The Hall–Kier alpha value is -11.5. The molecule has 0 spiro atoms. The summed E-state index contributed by atoms with van der Waals surface area (Å²) in [5.74, 6) is -2.23. The maximum Gasteiger partial charge on any atom is 0.472 e. The molecule has 0 amide bonds. The van der Waals surface area contributed by atoms with Gasteiger partial charge in [-0.25, -0.2) is 54.0 Å². The number of aromatic nitrogens is 16. The molecule has 59 nitrogen and oxygen atoms in total. The van der Waals surface area contributed by atoms with E-state index in [9.17, 15) is 69.4 Å². The molecule has 2 unspecified atom stereocenters. The van der Waals surface area contributed by atoms with Crippen LogP contribution in [0.4, 0.5) is 17.6 Å². The summed E-state index contributed by atoms with van der Waals surface area (Å²) in [4.78, 5) is 86.4. The molecule has 18 rings (SSSR count). The van der Waals surface area contributed by atoms with Crippen LogP contribution >= 0.6 is 15.6 Å². The number of hydrogen-bond acceptors (Lipinski definition) is 51. The van der Waals surface area contributed by atoms with Gasteiger partial charge in [0.15, 0.2) is 105 Å². The number of imidazole rings is 4. The molecule has 20 atom stereocenters. The van der Waals surface area contributed by atoms with Crippen molar-refractivity contribution < 1.29 is 178 Å². The summed E-state index contributed by atoms with van der Waals surface area (Å²) in [6, 6.07) is 11.9. The van der Waals surface area contributed by atoms with Gasteiger partial charge in [-0.2, -0.15) is 9.97 Å². The smallest absolute Gasteiger partial charge is 0.472 e. The first-order chi connectivity index (χ1) is 62.4. The second-order valence-electron chi connectivity index (χ2n) is 29.5. The fourth-order valence-electron chi connectivity index (χ4n) is 13.6. The lowest BCUT2D eigenvalue weighted by atomic mass is 9.85. The normalized spacial score (nSPS) is 30.2. The number of aromatic amines is 1. The van der Waals surface area contributed by atoms with Gasteiger partial charge in [-0.05, 0) is 72.5 Å². The van der Waals surface area contributed by atoms with E-state index in [1.807, 2.05) is 0 Å². The molecule has 6 saturated heterocycles. The Morgan fingerprint density at radius 2 is 0.848 bits per heavy atom. The van der Waals surface area contributed by atoms with Crippen molar-refractivity contribution in [2.45, 2.75) is 160 Å². The average Bonchev–Trinajstić information content (AvgIpc) is 1.60. The Morgan fingerprint density at radius 1 is 0.470 bits per heavy atom. The Balaban J connectivity index is 0.000000148. The Kier molecular flexibility index (Phi) is 32.9. The van der Waals surface area contributed by atoms with Crippen LogP contribution in [0.25, 0.3) is 44.7 Å². The molecule has 132 heavy (non-hydrogen) atoms. The highest BCUT2D eigenvalue weighted by Crippen LogP contribution is 2.54. The minimum atomic E-state index is -4.22. The van der Waals surface area contributed by atoms with Crippen molar-refractivity contribution in [3.63, 3.8) is 0 Å². The number of benzene rings is 3. The molecule has 8 aromatic heterocycles. The molecule has 7 aliphatic rings. The van der Waals surface area contributed by atoms with E-state index < -0.39 is 187 Å². The third-order valence-electron chi connectivity index (χ3n) is 20.6. The fraction of sp³-hybridized carbons (Fsp3) is 0.451. The monoisotopic (exact) mass is 1910 g/mol. The lowest BCUT2D eigenvalue weighted by molar-refractivity contribution is -0.223. The number of carbonyl (C=O) groups is 1. The molecule has 6 aliphatic heterocycles. The number of aliphatic carboxylic acids is 1. The van der Waals surface area contributed by atoms with Crippen LogP contribution in [0.1, 0.15) is 47.7 Å². The molecular weight excluding hydrogens is 1810 g/mol. The van der Waals surface area contributed by atoms with Crippen LogP contribution in [0, 0.1) is 0 Å². The van der Waals surface area contributed by atoms with Gasteiger partial charge >= 0.3 is 21.6 Å². The number of hydrogen-bond donors (Lipinski definition) is 32. The van der Waals surface area contributed by atoms with Crippen molar-refractivity contribution in [1.82, 2.24) is 78.1 Å². The quantitative estimate of drug-likeness (QED) is 0.0376. The molecule has 61 heteroatoms. The van der Waals surface area contributed by atoms with E-state index in [1.165, 1.54) is 105 Å². The van der Waals surface area contributed by atoms with Crippen LogP contribution in [0.2, 0.25) is 0 Å². The molecule has 3 aromatic carbocycles. The minimum absolute atomic E-state index is 0.0230. The number of aliphatic hydroxyl groups is 15. The van der Waals surface area contributed by atoms with E-state index in [0.29, 0.717) is 46.4 Å². The van der Waals surface area contributed by atoms with Crippen molar-refractivity contribution in [1.29, 1.82) is 0 Å². The highest BCUT2D eigenvalue weighted by Gasteiger charge is 2.55. The SMILES string of the molecule is NCCc1ccc(O)c(O)c1.NC[C@H](O)c1ccc(O)c(O)c1.N[C@@H](Cc1ccc(O)c(O)c1)C(=O)O.Nc1nc2c(ncn2[C@@H]2O[C@@H]3COP(=O)(O)O[C@H]3[C@H]2O)c(=O)[nH]1.Nc1ncnc2c1ncn2[C@@H]1O[C@@H]2COP(=O)(O)O[C@H]2[C@H]1O.Nc1ncnc2c1ncn2[C@@H]1O[C@H](CO)[C@@H](O)[C@H]1O.OC[C@H]1O[C@@H](n2cnc3c(O)ncnc32)[C@H](O)[C@@H]1O.O[C@H]1[C@H](O)[C@@H](O)[C@H](O)[C@@H](O)[C@H]1O. The molecule has 0 bridgehead atoms. The topological polar surface area (TPSA) is 981 Å². The van der Waals surface area contributed by atoms with Gasteiger partial charge in [0, 0.05) is 6.54 Å². The number of nitrogens with two attached hydrogens (primary N) is 6. The lowest BCUT2D eigenvalue weighted by Crippen LogP contribution is -2.63. The highest BCUT2D eigenvalue weighted by atomic mass is 31.2. The van der Waals surface area contributed by atoms with Gasteiger partial charge in [-0.3, -0.25) is 50.9 Å². The van der Waals surface area contributed by atoms with E-state index in [2.05, 4.69) is 68.9 Å². The first-order valence-electron chi connectivity index (χ1n) is 38.8. The number of carboxylic acid groups (broad SMARTS) is 1. The number of nitrogen functional groups attached to an aromatic ring is 3. The number of H-pyrrole nitrogens is 1. The van der Waals surface area contributed by atoms with Crippen molar-refractivity contribution in [2.24, 2.45) is 17.2 Å². The summed E-state index contributed by atoms with van der Waals surface area (Å²) < 4.78 is 69.7.